The molecule has 0 aliphatic carbocycles. The van der Waals surface area contributed by atoms with Crippen LogP contribution in [0.1, 0.15) is 43.9 Å². The summed E-state index contributed by atoms with van der Waals surface area (Å²) in [5, 5.41) is 3.04. The number of anilines is 1. The fraction of sp³-hybridized carbons (Fsp3) is 0.375. The summed E-state index contributed by atoms with van der Waals surface area (Å²) in [6.45, 7) is 7.08. The van der Waals surface area contributed by atoms with Gasteiger partial charge in [-0.1, -0.05) is 67.1 Å². The zero-order chi connectivity index (χ0) is 30.3. The van der Waals surface area contributed by atoms with Crippen LogP contribution in [0.4, 0.5) is 5.69 Å². The van der Waals surface area contributed by atoms with Gasteiger partial charge >= 0.3 is 0 Å². The number of hydrogen-bond donors (Lipinski definition) is 1. The first-order valence-electron chi connectivity index (χ1n) is 14.2. The second-order valence-corrected chi connectivity index (χ2v) is 12.7. The van der Waals surface area contributed by atoms with Crippen molar-refractivity contribution in [1.82, 2.24) is 10.2 Å². The molecule has 1 aliphatic heterocycles. The molecule has 1 aliphatic rings. The zero-order valence-corrected chi connectivity index (χ0v) is 25.4. The molecule has 0 bridgehead atoms. The van der Waals surface area contributed by atoms with E-state index in [1.54, 1.807) is 18.2 Å². The van der Waals surface area contributed by atoms with Crippen LogP contribution in [0.5, 0.6) is 11.5 Å². The molecular weight excluding hydrogens is 554 g/mol. The number of nitrogens with zero attached hydrogens (tertiary/aromatic N) is 2. The Labute approximate surface area is 248 Å². The summed E-state index contributed by atoms with van der Waals surface area (Å²) in [7, 11) is -3.88. The molecular formula is C32H39N3O6S. The van der Waals surface area contributed by atoms with Crippen LogP contribution in [0.25, 0.3) is 0 Å². The van der Waals surface area contributed by atoms with Gasteiger partial charge in [0.25, 0.3) is 0 Å². The number of nitrogens with one attached hydrogen (secondary N) is 1. The van der Waals surface area contributed by atoms with Gasteiger partial charge in [0.1, 0.15) is 12.6 Å². The summed E-state index contributed by atoms with van der Waals surface area (Å²) in [6, 6.07) is 21.0. The molecule has 224 valence electrons. The second kappa shape index (κ2) is 13.7. The summed E-state index contributed by atoms with van der Waals surface area (Å²) >= 11 is 0. The minimum Gasteiger partial charge on any atom is -0.454 e. The van der Waals surface area contributed by atoms with Gasteiger partial charge < -0.3 is 19.7 Å². The number of rotatable bonds is 13. The van der Waals surface area contributed by atoms with Crippen LogP contribution in [0.2, 0.25) is 0 Å². The van der Waals surface area contributed by atoms with Crippen molar-refractivity contribution < 1.29 is 27.5 Å². The number of amides is 2. The first-order chi connectivity index (χ1) is 20.1. The van der Waals surface area contributed by atoms with Gasteiger partial charge in [-0.15, -0.1) is 0 Å². The summed E-state index contributed by atoms with van der Waals surface area (Å²) in [5.74, 6) is -0.0893. The van der Waals surface area contributed by atoms with E-state index in [0.717, 1.165) is 27.4 Å². The Kier molecular flexibility index (Phi) is 10.1. The fourth-order valence-corrected chi connectivity index (χ4v) is 5.70. The molecule has 10 heteroatoms. The van der Waals surface area contributed by atoms with Crippen molar-refractivity contribution in [3.8, 4) is 11.5 Å². The quantitative estimate of drug-likeness (QED) is 0.314. The maximum Gasteiger partial charge on any atom is 0.244 e. The Hall–Kier alpha value is -4.05. The largest absolute Gasteiger partial charge is 0.454 e. The molecule has 2 atom stereocenters. The van der Waals surface area contributed by atoms with Crippen LogP contribution < -0.4 is 19.1 Å². The Balaban J connectivity index is 1.74. The van der Waals surface area contributed by atoms with E-state index in [0.29, 0.717) is 11.5 Å². The maximum absolute atomic E-state index is 14.3. The van der Waals surface area contributed by atoms with Crippen molar-refractivity contribution in [3.05, 3.63) is 89.5 Å². The molecule has 1 heterocycles. The Morgan fingerprint density at radius 1 is 0.929 bits per heavy atom. The van der Waals surface area contributed by atoms with Crippen molar-refractivity contribution in [3.63, 3.8) is 0 Å². The van der Waals surface area contributed by atoms with Crippen LogP contribution in [-0.2, 0) is 32.6 Å². The predicted octanol–water partition coefficient (Wildman–Crippen LogP) is 4.43. The van der Waals surface area contributed by atoms with E-state index in [9.17, 15) is 18.0 Å². The summed E-state index contributed by atoms with van der Waals surface area (Å²) < 4.78 is 38.6. The molecule has 2 unspecified atom stereocenters. The average molecular weight is 594 g/mol. The van der Waals surface area contributed by atoms with E-state index in [1.165, 1.54) is 11.8 Å². The minimum absolute atomic E-state index is 0.0367. The highest BCUT2D eigenvalue weighted by Crippen LogP contribution is 2.36. The number of carbonyl (C=O) groups excluding carboxylic acids is 2. The van der Waals surface area contributed by atoms with Crippen molar-refractivity contribution in [1.29, 1.82) is 0 Å². The van der Waals surface area contributed by atoms with E-state index in [2.05, 4.69) is 5.32 Å². The third kappa shape index (κ3) is 7.61. The van der Waals surface area contributed by atoms with E-state index in [4.69, 9.17) is 9.47 Å². The van der Waals surface area contributed by atoms with Crippen molar-refractivity contribution >= 4 is 27.5 Å². The molecule has 0 fully saturated rings. The topological polar surface area (TPSA) is 105 Å². The Morgan fingerprint density at radius 3 is 2.29 bits per heavy atom. The van der Waals surface area contributed by atoms with Gasteiger partial charge in [0.15, 0.2) is 11.5 Å². The van der Waals surface area contributed by atoms with Crippen LogP contribution in [0.15, 0.2) is 72.8 Å². The molecule has 0 saturated heterocycles. The Bertz CT molecular complexity index is 1480. The first kappa shape index (κ1) is 30.9. The molecule has 4 rings (SSSR count). The van der Waals surface area contributed by atoms with Gasteiger partial charge in [-0.25, -0.2) is 8.42 Å². The highest BCUT2D eigenvalue weighted by molar-refractivity contribution is 7.92. The van der Waals surface area contributed by atoms with Gasteiger partial charge in [-0.2, -0.15) is 0 Å². The highest BCUT2D eigenvalue weighted by atomic mass is 32.2. The van der Waals surface area contributed by atoms with Crippen molar-refractivity contribution in [2.75, 3.05) is 23.4 Å². The van der Waals surface area contributed by atoms with Crippen LogP contribution >= 0.6 is 0 Å². The molecule has 3 aromatic carbocycles. The number of aryl methyl sites for hydroxylation is 1. The monoisotopic (exact) mass is 593 g/mol. The number of carbonyl (C=O) groups is 2. The lowest BCUT2D eigenvalue weighted by molar-refractivity contribution is -0.140. The molecule has 3 aromatic rings. The van der Waals surface area contributed by atoms with E-state index in [1.807, 2.05) is 75.4 Å². The fourth-order valence-electron chi connectivity index (χ4n) is 4.65. The van der Waals surface area contributed by atoms with Crippen LogP contribution in [0.3, 0.4) is 0 Å². The van der Waals surface area contributed by atoms with E-state index in [-0.39, 0.29) is 43.1 Å². The lowest BCUT2D eigenvalue weighted by Crippen LogP contribution is -2.54. The zero-order valence-electron chi connectivity index (χ0n) is 24.6. The molecule has 0 aromatic heterocycles. The summed E-state index contributed by atoms with van der Waals surface area (Å²) in [5.41, 5.74) is 3.07. The minimum atomic E-state index is -3.88. The molecule has 0 radical (unpaired) electrons. The van der Waals surface area contributed by atoms with Crippen LogP contribution in [-0.4, -0.2) is 56.3 Å². The average Bonchev–Trinajstić information content (AvgIpc) is 3.47. The normalized spacial score (nSPS) is 13.7. The Morgan fingerprint density at radius 2 is 1.62 bits per heavy atom. The molecule has 42 heavy (non-hydrogen) atoms. The van der Waals surface area contributed by atoms with Gasteiger partial charge in [-0.3, -0.25) is 13.9 Å². The smallest absolute Gasteiger partial charge is 0.244 e. The maximum atomic E-state index is 14.3. The third-order valence-electron chi connectivity index (χ3n) is 7.37. The van der Waals surface area contributed by atoms with Gasteiger partial charge in [0.05, 0.1) is 11.4 Å². The van der Waals surface area contributed by atoms with Gasteiger partial charge in [-0.05, 0) is 50.5 Å². The second-order valence-electron chi connectivity index (χ2n) is 10.5. The van der Waals surface area contributed by atoms with Crippen LogP contribution in [0, 0.1) is 6.92 Å². The number of benzene rings is 3. The first-order valence-corrected chi connectivity index (χ1v) is 15.8. The van der Waals surface area contributed by atoms with E-state index < -0.39 is 28.5 Å². The lowest BCUT2D eigenvalue weighted by Gasteiger charge is -2.34. The summed E-state index contributed by atoms with van der Waals surface area (Å²) in [6.07, 6.45) is 0.994. The summed E-state index contributed by atoms with van der Waals surface area (Å²) in [4.78, 5) is 29.5. The van der Waals surface area contributed by atoms with Gasteiger partial charge in [0, 0.05) is 25.1 Å². The number of sulfonamides is 1. The molecule has 9 nitrogen and oxygen atoms in total. The van der Waals surface area contributed by atoms with E-state index >= 15 is 0 Å². The number of fused-ring (bicyclic) bond motifs is 1. The third-order valence-corrected chi connectivity index (χ3v) is 9.11. The molecule has 0 spiro atoms. The lowest BCUT2D eigenvalue weighted by atomic mass is 10.0. The SMILES string of the molecule is CCC(C)NC(=O)C(Cc1ccccc1)N(Cc1ccc(C)cc1)C(=O)CN(c1ccc2c(c1)OCO2)S(=O)(=O)CC. The van der Waals surface area contributed by atoms with Crippen molar-refractivity contribution in [2.45, 2.75) is 59.2 Å². The standard InChI is InChI=1S/C32H39N3O6S/c1-5-24(4)33-32(37)28(18-25-10-8-7-9-11-25)34(20-26-14-12-23(3)13-15-26)31(36)21-35(42(38,39)6-2)27-16-17-29-30(19-27)41-22-40-29/h7-17,19,24,28H,5-6,18,20-22H2,1-4H3,(H,33,37). The predicted molar refractivity (Wildman–Crippen MR) is 163 cm³/mol. The molecule has 1 N–H and O–H groups in total. The number of hydrogen-bond acceptors (Lipinski definition) is 6. The molecule has 2 amide bonds. The van der Waals surface area contributed by atoms with Gasteiger partial charge in [0.2, 0.25) is 28.6 Å². The number of ether oxygens (including phenoxy) is 2. The van der Waals surface area contributed by atoms with Crippen molar-refractivity contribution in [2.24, 2.45) is 0 Å². The molecule has 0 saturated carbocycles. The highest BCUT2D eigenvalue weighted by Gasteiger charge is 2.34.